The summed E-state index contributed by atoms with van der Waals surface area (Å²) in [6.45, 7) is 3.30. The third-order valence-corrected chi connectivity index (χ3v) is 4.10. The van der Waals surface area contributed by atoms with Crippen LogP contribution in [-0.2, 0) is 6.42 Å². The third kappa shape index (κ3) is 2.13. The molecule has 1 saturated heterocycles. The zero-order valence-corrected chi connectivity index (χ0v) is 11.0. The molecule has 1 saturated carbocycles. The van der Waals surface area contributed by atoms with Crippen molar-refractivity contribution in [3.63, 3.8) is 0 Å². The van der Waals surface area contributed by atoms with Crippen molar-refractivity contribution in [1.82, 2.24) is 9.97 Å². The number of anilines is 1. The highest BCUT2D eigenvalue weighted by Gasteiger charge is 2.38. The average Bonchev–Trinajstić information content (AvgIpc) is 2.90. The van der Waals surface area contributed by atoms with Gasteiger partial charge in [-0.25, -0.2) is 9.97 Å². The second-order valence-corrected chi connectivity index (χ2v) is 5.59. The highest BCUT2D eigenvalue weighted by atomic mass is 35.5. The maximum atomic E-state index is 6.09. The van der Waals surface area contributed by atoms with Crippen molar-refractivity contribution in [3.05, 3.63) is 17.0 Å². The van der Waals surface area contributed by atoms with E-state index in [1.807, 2.05) is 6.07 Å². The van der Waals surface area contributed by atoms with Gasteiger partial charge in [-0.15, -0.1) is 0 Å². The third-order valence-electron chi connectivity index (χ3n) is 3.90. The molecule has 4 heteroatoms. The van der Waals surface area contributed by atoms with E-state index in [2.05, 4.69) is 21.8 Å². The lowest BCUT2D eigenvalue weighted by Gasteiger charge is -2.28. The molecule has 2 bridgehead atoms. The number of aromatic nitrogens is 2. The number of rotatable bonds is 3. The minimum Gasteiger partial charge on any atom is -0.353 e. The molecule has 3 rings (SSSR count). The fourth-order valence-corrected chi connectivity index (χ4v) is 3.33. The summed E-state index contributed by atoms with van der Waals surface area (Å²) in [5.41, 5.74) is 0. The van der Waals surface area contributed by atoms with E-state index in [1.165, 1.54) is 19.3 Å². The van der Waals surface area contributed by atoms with Gasteiger partial charge in [-0.1, -0.05) is 18.5 Å². The van der Waals surface area contributed by atoms with Crippen molar-refractivity contribution >= 4 is 17.4 Å². The van der Waals surface area contributed by atoms with Gasteiger partial charge in [-0.2, -0.15) is 0 Å². The molecule has 3 nitrogen and oxygen atoms in total. The van der Waals surface area contributed by atoms with Gasteiger partial charge in [0.1, 0.15) is 16.8 Å². The topological polar surface area (TPSA) is 29.0 Å². The number of hydrogen-bond donors (Lipinski definition) is 0. The van der Waals surface area contributed by atoms with Gasteiger partial charge in [0.05, 0.1) is 0 Å². The zero-order chi connectivity index (χ0) is 11.8. The van der Waals surface area contributed by atoms with E-state index in [4.69, 9.17) is 11.6 Å². The van der Waals surface area contributed by atoms with Crippen LogP contribution >= 0.6 is 11.6 Å². The molecule has 0 spiro atoms. The molecule has 1 aromatic rings. The summed E-state index contributed by atoms with van der Waals surface area (Å²) in [6, 6.07) is 2.61. The van der Waals surface area contributed by atoms with Crippen LogP contribution in [0.4, 0.5) is 5.82 Å². The van der Waals surface area contributed by atoms with Gasteiger partial charge in [0.15, 0.2) is 0 Å². The first-order valence-electron chi connectivity index (χ1n) is 6.56. The lowest BCUT2D eigenvalue weighted by atomic mass is 10.1. The zero-order valence-electron chi connectivity index (χ0n) is 10.2. The summed E-state index contributed by atoms with van der Waals surface area (Å²) in [5.74, 6) is 2.81. The van der Waals surface area contributed by atoms with Crippen molar-refractivity contribution in [1.29, 1.82) is 0 Å². The predicted molar refractivity (Wildman–Crippen MR) is 69.5 cm³/mol. The molecule has 1 aromatic heterocycles. The first-order valence-corrected chi connectivity index (χ1v) is 6.94. The Labute approximate surface area is 107 Å². The van der Waals surface area contributed by atoms with E-state index in [-0.39, 0.29) is 0 Å². The highest BCUT2D eigenvalue weighted by molar-refractivity contribution is 6.29. The van der Waals surface area contributed by atoms with Gasteiger partial charge in [0, 0.05) is 25.1 Å². The first-order chi connectivity index (χ1) is 8.26. The first kappa shape index (κ1) is 11.3. The number of fused-ring (bicyclic) bond motifs is 2. The molecular weight excluding hydrogens is 234 g/mol. The number of nitrogens with zero attached hydrogens (tertiary/aromatic N) is 3. The monoisotopic (exact) mass is 251 g/mol. The molecule has 1 aliphatic heterocycles. The molecule has 0 radical (unpaired) electrons. The molecule has 0 aromatic carbocycles. The fraction of sp³-hybridized carbons (Fsp3) is 0.692. The van der Waals surface area contributed by atoms with Crippen molar-refractivity contribution in [2.45, 2.75) is 45.1 Å². The van der Waals surface area contributed by atoms with Crippen LogP contribution in [0.25, 0.3) is 0 Å². The van der Waals surface area contributed by atoms with Crippen LogP contribution in [0.5, 0.6) is 0 Å². The molecule has 1 aliphatic carbocycles. The summed E-state index contributed by atoms with van der Waals surface area (Å²) in [5, 5.41) is 0.584. The Morgan fingerprint density at radius 1 is 1.41 bits per heavy atom. The lowest BCUT2D eigenvalue weighted by molar-refractivity contribution is 0.549. The van der Waals surface area contributed by atoms with Crippen LogP contribution in [-0.4, -0.2) is 22.6 Å². The molecular formula is C13H18ClN3. The molecule has 0 amide bonds. The number of aryl methyl sites for hydroxylation is 1. The standard InChI is InChI=1S/C13H18ClN3/c1-2-3-12-15-11(14)7-13(16-12)17-8-9-4-5-10(17)6-9/h7,9-10H,2-6,8H2,1H3. The number of piperidine rings is 1. The lowest BCUT2D eigenvalue weighted by Crippen LogP contribution is -2.32. The SMILES string of the molecule is CCCc1nc(Cl)cc(N2CC3CCC2C3)n1. The van der Waals surface area contributed by atoms with Crippen LogP contribution in [0, 0.1) is 5.92 Å². The average molecular weight is 252 g/mol. The maximum Gasteiger partial charge on any atom is 0.134 e. The van der Waals surface area contributed by atoms with E-state index in [0.717, 1.165) is 36.9 Å². The van der Waals surface area contributed by atoms with Gasteiger partial charge >= 0.3 is 0 Å². The van der Waals surface area contributed by atoms with Crippen LogP contribution in [0.15, 0.2) is 6.07 Å². The van der Waals surface area contributed by atoms with Gasteiger partial charge in [-0.3, -0.25) is 0 Å². The van der Waals surface area contributed by atoms with E-state index in [9.17, 15) is 0 Å². The molecule has 92 valence electrons. The summed E-state index contributed by atoms with van der Waals surface area (Å²) >= 11 is 6.09. The number of halogens is 1. The van der Waals surface area contributed by atoms with Crippen molar-refractivity contribution in [2.24, 2.45) is 5.92 Å². The second kappa shape index (κ2) is 4.45. The van der Waals surface area contributed by atoms with Gasteiger partial charge < -0.3 is 4.90 Å². The summed E-state index contributed by atoms with van der Waals surface area (Å²) < 4.78 is 0. The van der Waals surface area contributed by atoms with E-state index in [0.29, 0.717) is 11.2 Å². The van der Waals surface area contributed by atoms with Gasteiger partial charge in [-0.05, 0) is 31.6 Å². The summed E-state index contributed by atoms with van der Waals surface area (Å²) in [7, 11) is 0. The van der Waals surface area contributed by atoms with Crippen LogP contribution in [0.3, 0.4) is 0 Å². The normalized spacial score (nSPS) is 26.8. The quantitative estimate of drug-likeness (QED) is 0.773. The Bertz CT molecular complexity index is 421. The summed E-state index contributed by atoms with van der Waals surface area (Å²) in [6.07, 6.45) is 6.02. The van der Waals surface area contributed by atoms with E-state index >= 15 is 0 Å². The molecule has 2 unspecified atom stereocenters. The Morgan fingerprint density at radius 2 is 2.29 bits per heavy atom. The minimum atomic E-state index is 0.584. The highest BCUT2D eigenvalue weighted by Crippen LogP contribution is 2.39. The molecule has 17 heavy (non-hydrogen) atoms. The predicted octanol–water partition coefficient (Wildman–Crippen LogP) is 3.07. The Kier molecular flexibility index (Phi) is 2.95. The minimum absolute atomic E-state index is 0.584. The molecule has 2 atom stereocenters. The smallest absolute Gasteiger partial charge is 0.134 e. The Balaban J connectivity index is 1.87. The molecule has 2 heterocycles. The van der Waals surface area contributed by atoms with Crippen LogP contribution < -0.4 is 4.90 Å². The molecule has 2 fully saturated rings. The van der Waals surface area contributed by atoms with Crippen LogP contribution in [0.1, 0.15) is 38.4 Å². The maximum absolute atomic E-state index is 6.09. The van der Waals surface area contributed by atoms with E-state index < -0.39 is 0 Å². The Morgan fingerprint density at radius 3 is 2.94 bits per heavy atom. The van der Waals surface area contributed by atoms with Crippen molar-refractivity contribution in [3.8, 4) is 0 Å². The fourth-order valence-electron chi connectivity index (χ4n) is 3.14. The molecule has 2 aliphatic rings. The molecule has 0 N–H and O–H groups in total. The second-order valence-electron chi connectivity index (χ2n) is 5.20. The summed E-state index contributed by atoms with van der Waals surface area (Å²) in [4.78, 5) is 11.4. The van der Waals surface area contributed by atoms with Crippen molar-refractivity contribution < 1.29 is 0 Å². The van der Waals surface area contributed by atoms with E-state index in [1.54, 1.807) is 0 Å². The van der Waals surface area contributed by atoms with Gasteiger partial charge in [0.2, 0.25) is 0 Å². The van der Waals surface area contributed by atoms with Gasteiger partial charge in [0.25, 0.3) is 0 Å². The van der Waals surface area contributed by atoms with Crippen LogP contribution in [0.2, 0.25) is 5.15 Å². The van der Waals surface area contributed by atoms with Crippen molar-refractivity contribution in [2.75, 3.05) is 11.4 Å². The number of hydrogen-bond acceptors (Lipinski definition) is 3. The Hall–Kier alpha value is -0.830. The largest absolute Gasteiger partial charge is 0.353 e.